The number of benzene rings is 3. The van der Waals surface area contributed by atoms with Gasteiger partial charge in [-0.3, -0.25) is 28.6 Å². The van der Waals surface area contributed by atoms with E-state index in [9.17, 15) is 19.2 Å². The average Bonchev–Trinajstić information content (AvgIpc) is 3.22. The van der Waals surface area contributed by atoms with E-state index in [0.717, 1.165) is 5.56 Å². The molecule has 0 fully saturated rings. The molecule has 184 valence electrons. The Bertz CT molecular complexity index is 1630. The molecular weight excluding hydrogens is 470 g/mol. The van der Waals surface area contributed by atoms with E-state index in [1.165, 1.54) is 10.9 Å². The van der Waals surface area contributed by atoms with Gasteiger partial charge >= 0.3 is 0 Å². The number of nitrogens with zero attached hydrogens (tertiary/aromatic N) is 4. The van der Waals surface area contributed by atoms with Gasteiger partial charge in [-0.05, 0) is 30.3 Å². The van der Waals surface area contributed by atoms with Crippen molar-refractivity contribution in [2.45, 2.75) is 19.1 Å². The number of amides is 3. The van der Waals surface area contributed by atoms with Crippen LogP contribution < -0.4 is 15.8 Å². The fraction of sp³-hybridized carbons (Fsp3) is 0.179. The molecule has 1 N–H and O–H groups in total. The lowest BCUT2D eigenvalue weighted by Crippen LogP contribution is -2.49. The van der Waals surface area contributed by atoms with E-state index in [2.05, 4.69) is 10.3 Å². The molecule has 3 aromatic carbocycles. The van der Waals surface area contributed by atoms with Gasteiger partial charge in [-0.25, -0.2) is 4.98 Å². The highest BCUT2D eigenvalue weighted by atomic mass is 16.2. The molecule has 0 saturated carbocycles. The van der Waals surface area contributed by atoms with Gasteiger partial charge in [0.05, 0.1) is 28.5 Å². The van der Waals surface area contributed by atoms with Gasteiger partial charge in [0.15, 0.2) is 0 Å². The zero-order valence-corrected chi connectivity index (χ0v) is 19.8. The van der Waals surface area contributed by atoms with Crippen molar-refractivity contribution in [2.75, 3.05) is 18.0 Å². The summed E-state index contributed by atoms with van der Waals surface area (Å²) in [4.78, 5) is 59.5. The van der Waals surface area contributed by atoms with Crippen LogP contribution in [0.5, 0.6) is 0 Å². The molecule has 2 aliphatic heterocycles. The number of hydrogen-bond acceptors (Lipinski definition) is 5. The first-order valence-corrected chi connectivity index (χ1v) is 12.1. The van der Waals surface area contributed by atoms with E-state index < -0.39 is 6.17 Å². The van der Waals surface area contributed by atoms with Crippen LogP contribution in [0.15, 0.2) is 83.9 Å². The van der Waals surface area contributed by atoms with Gasteiger partial charge in [0.1, 0.15) is 6.17 Å². The molecule has 0 saturated heterocycles. The van der Waals surface area contributed by atoms with Gasteiger partial charge < -0.3 is 10.2 Å². The Labute approximate surface area is 212 Å². The van der Waals surface area contributed by atoms with Crippen molar-refractivity contribution in [1.82, 2.24) is 19.8 Å². The summed E-state index contributed by atoms with van der Waals surface area (Å²) < 4.78 is 1.46. The van der Waals surface area contributed by atoms with Crippen LogP contribution in [0.2, 0.25) is 0 Å². The second kappa shape index (κ2) is 9.02. The summed E-state index contributed by atoms with van der Waals surface area (Å²) in [5, 5.41) is 3.35. The first-order valence-electron chi connectivity index (χ1n) is 12.1. The molecule has 37 heavy (non-hydrogen) atoms. The SMILES string of the molecule is O=C(CCN1C(=O)c2ccccc2N2C(=O)c3ccccc3C12)NCCn1cnc2ccccc2c1=O. The molecule has 9 nitrogen and oxygen atoms in total. The highest BCUT2D eigenvalue weighted by Gasteiger charge is 2.47. The van der Waals surface area contributed by atoms with Gasteiger partial charge in [-0.2, -0.15) is 0 Å². The minimum Gasteiger partial charge on any atom is -0.354 e. The molecule has 0 aliphatic carbocycles. The van der Waals surface area contributed by atoms with E-state index in [4.69, 9.17) is 0 Å². The number of rotatable bonds is 6. The van der Waals surface area contributed by atoms with E-state index in [-0.39, 0.29) is 49.3 Å². The Morgan fingerprint density at radius 1 is 0.838 bits per heavy atom. The molecule has 3 amide bonds. The lowest BCUT2D eigenvalue weighted by molar-refractivity contribution is -0.121. The number of hydrogen-bond donors (Lipinski definition) is 1. The van der Waals surface area contributed by atoms with Crippen LogP contribution in [0.25, 0.3) is 10.9 Å². The van der Waals surface area contributed by atoms with E-state index >= 15 is 0 Å². The van der Waals surface area contributed by atoms with Gasteiger partial charge in [-0.15, -0.1) is 0 Å². The second-order valence-corrected chi connectivity index (χ2v) is 9.01. The van der Waals surface area contributed by atoms with Crippen LogP contribution in [0.3, 0.4) is 0 Å². The zero-order chi connectivity index (χ0) is 25.5. The molecule has 9 heteroatoms. The quantitative estimate of drug-likeness (QED) is 0.445. The van der Waals surface area contributed by atoms with Crippen molar-refractivity contribution in [3.05, 3.63) is 106 Å². The van der Waals surface area contributed by atoms with Crippen LogP contribution in [-0.2, 0) is 11.3 Å². The summed E-state index contributed by atoms with van der Waals surface area (Å²) in [6.07, 6.45) is 0.935. The number of para-hydroxylation sites is 2. The topological polar surface area (TPSA) is 105 Å². The van der Waals surface area contributed by atoms with E-state index in [1.54, 1.807) is 64.4 Å². The van der Waals surface area contributed by atoms with Crippen LogP contribution in [0, 0.1) is 0 Å². The van der Waals surface area contributed by atoms with Gasteiger partial charge in [0.2, 0.25) is 5.91 Å². The van der Waals surface area contributed by atoms with Crippen molar-refractivity contribution >= 4 is 34.3 Å². The molecule has 4 aromatic rings. The summed E-state index contributed by atoms with van der Waals surface area (Å²) >= 11 is 0. The zero-order valence-electron chi connectivity index (χ0n) is 19.8. The van der Waals surface area contributed by atoms with Crippen LogP contribution in [-0.4, -0.2) is 45.3 Å². The molecule has 0 radical (unpaired) electrons. The first-order chi connectivity index (χ1) is 18.0. The average molecular weight is 494 g/mol. The predicted molar refractivity (Wildman–Crippen MR) is 137 cm³/mol. The Hall–Kier alpha value is -4.79. The summed E-state index contributed by atoms with van der Waals surface area (Å²) in [5.41, 5.74) is 2.78. The standard InChI is InChI=1S/C28H23N5O4/c34-24(29-14-16-31-17-30-22-11-5-3-9-20(22)26(31)35)13-15-32-25-18-7-1-2-8-19(18)28(37)33(25)23-12-6-4-10-21(23)27(32)36/h1-12,17,25H,13-16H2,(H,29,34). The fourth-order valence-corrected chi connectivity index (χ4v) is 5.09. The number of aromatic nitrogens is 2. The van der Waals surface area contributed by atoms with Gasteiger partial charge in [0, 0.05) is 37.2 Å². The number of nitrogens with one attached hydrogen (secondary N) is 1. The minimum atomic E-state index is -0.596. The molecule has 1 atom stereocenters. The molecule has 0 spiro atoms. The molecule has 1 aromatic heterocycles. The Morgan fingerprint density at radius 2 is 1.57 bits per heavy atom. The Morgan fingerprint density at radius 3 is 2.43 bits per heavy atom. The number of fused-ring (bicyclic) bond motifs is 6. The smallest absolute Gasteiger partial charge is 0.261 e. The lowest BCUT2D eigenvalue weighted by Gasteiger charge is -2.40. The van der Waals surface area contributed by atoms with Crippen LogP contribution >= 0.6 is 0 Å². The highest BCUT2D eigenvalue weighted by Crippen LogP contribution is 2.45. The molecule has 2 aliphatic rings. The second-order valence-electron chi connectivity index (χ2n) is 9.01. The van der Waals surface area contributed by atoms with Gasteiger partial charge in [-0.1, -0.05) is 42.5 Å². The normalized spacial score (nSPS) is 15.9. The molecule has 6 rings (SSSR count). The minimum absolute atomic E-state index is 0.0550. The summed E-state index contributed by atoms with van der Waals surface area (Å²) in [6.45, 7) is 0.655. The third-order valence-electron chi connectivity index (χ3n) is 6.87. The molecule has 0 bridgehead atoms. The number of anilines is 1. The molecular formula is C28H23N5O4. The molecule has 1 unspecified atom stereocenters. The third kappa shape index (κ3) is 3.76. The van der Waals surface area contributed by atoms with Crippen molar-refractivity contribution < 1.29 is 14.4 Å². The monoisotopic (exact) mass is 493 g/mol. The maximum Gasteiger partial charge on any atom is 0.261 e. The summed E-state index contributed by atoms with van der Waals surface area (Å²) in [7, 11) is 0. The lowest BCUT2D eigenvalue weighted by atomic mass is 10.0. The number of carbonyl (C=O) groups excluding carboxylic acids is 3. The van der Waals surface area contributed by atoms with E-state index in [1.807, 2.05) is 18.2 Å². The fourth-order valence-electron chi connectivity index (χ4n) is 5.09. The largest absolute Gasteiger partial charge is 0.354 e. The van der Waals surface area contributed by atoms with Crippen LogP contribution in [0.4, 0.5) is 5.69 Å². The Kier molecular flexibility index (Phi) is 5.52. The van der Waals surface area contributed by atoms with Crippen molar-refractivity contribution in [2.24, 2.45) is 0 Å². The van der Waals surface area contributed by atoms with Crippen LogP contribution in [0.1, 0.15) is 38.9 Å². The summed E-state index contributed by atoms with van der Waals surface area (Å²) in [5.74, 6) is -0.634. The third-order valence-corrected chi connectivity index (χ3v) is 6.87. The molecule has 3 heterocycles. The maximum absolute atomic E-state index is 13.4. The van der Waals surface area contributed by atoms with Crippen molar-refractivity contribution in [3.63, 3.8) is 0 Å². The van der Waals surface area contributed by atoms with E-state index in [0.29, 0.717) is 27.7 Å². The first kappa shape index (κ1) is 22.7. The Balaban J connectivity index is 1.16. The highest BCUT2D eigenvalue weighted by molar-refractivity contribution is 6.16. The number of carbonyl (C=O) groups is 3. The maximum atomic E-state index is 13.4. The van der Waals surface area contributed by atoms with Crippen molar-refractivity contribution in [1.29, 1.82) is 0 Å². The van der Waals surface area contributed by atoms with Crippen molar-refractivity contribution in [3.8, 4) is 0 Å². The summed E-state index contributed by atoms with van der Waals surface area (Å²) in [6, 6.07) is 21.4. The predicted octanol–water partition coefficient (Wildman–Crippen LogP) is 2.72. The van der Waals surface area contributed by atoms with Gasteiger partial charge in [0.25, 0.3) is 17.4 Å².